The van der Waals surface area contributed by atoms with Crippen molar-refractivity contribution in [1.82, 2.24) is 0 Å². The fraction of sp³-hybridized carbons (Fsp3) is 0.333. The van der Waals surface area contributed by atoms with Gasteiger partial charge < -0.3 is 0 Å². The van der Waals surface area contributed by atoms with Crippen LogP contribution in [0.4, 0.5) is 0 Å². The molecule has 2 nitrogen and oxygen atoms in total. The molecule has 0 amide bonds. The number of hydrogen-bond donors (Lipinski definition) is 0. The van der Waals surface area contributed by atoms with Crippen LogP contribution < -0.4 is 0 Å². The first-order valence-corrected chi connectivity index (χ1v) is 5.84. The summed E-state index contributed by atoms with van der Waals surface area (Å²) in [5.41, 5.74) is -0.149. The Bertz CT molecular complexity index is 449. The van der Waals surface area contributed by atoms with E-state index in [0.717, 1.165) is 10.6 Å². The van der Waals surface area contributed by atoms with Crippen molar-refractivity contribution >= 4 is 17.5 Å². The van der Waals surface area contributed by atoms with E-state index in [1.54, 1.807) is 18.7 Å². The fourth-order valence-corrected chi connectivity index (χ4v) is 2.88. The quantitative estimate of drug-likeness (QED) is 0.671. The van der Waals surface area contributed by atoms with Gasteiger partial charge in [-0.05, 0) is 25.2 Å². The first kappa shape index (κ1) is 10.3. The number of ketones is 1. The molecule has 1 heterocycles. The highest BCUT2D eigenvalue weighted by Gasteiger charge is 2.36. The van der Waals surface area contributed by atoms with Gasteiger partial charge in [0.15, 0.2) is 5.78 Å². The van der Waals surface area contributed by atoms with Gasteiger partial charge in [0, 0.05) is 10.5 Å². The lowest BCUT2D eigenvalue weighted by Gasteiger charge is -2.16. The van der Waals surface area contributed by atoms with E-state index >= 15 is 0 Å². The third kappa shape index (κ3) is 1.66. The highest BCUT2D eigenvalue weighted by molar-refractivity contribution is 7.99. The highest BCUT2D eigenvalue weighted by Crippen LogP contribution is 2.37. The summed E-state index contributed by atoms with van der Waals surface area (Å²) >= 11 is 1.66. The van der Waals surface area contributed by atoms with Crippen molar-refractivity contribution in [3.05, 3.63) is 29.8 Å². The minimum atomic E-state index is -0.848. The lowest BCUT2D eigenvalue weighted by atomic mass is 9.81. The Kier molecular flexibility index (Phi) is 2.54. The lowest BCUT2D eigenvalue weighted by Crippen LogP contribution is -2.25. The minimum Gasteiger partial charge on any atom is -0.292 e. The van der Waals surface area contributed by atoms with Gasteiger partial charge >= 0.3 is 0 Å². The lowest BCUT2D eigenvalue weighted by molar-refractivity contribution is 0.0872. The first-order valence-electron chi connectivity index (χ1n) is 4.85. The number of benzene rings is 1. The summed E-state index contributed by atoms with van der Waals surface area (Å²) in [5.74, 6) is 0.790. The van der Waals surface area contributed by atoms with E-state index in [4.69, 9.17) is 5.26 Å². The van der Waals surface area contributed by atoms with Crippen LogP contribution in [0.25, 0.3) is 0 Å². The summed E-state index contributed by atoms with van der Waals surface area (Å²) in [7, 11) is 0. The molecule has 0 radical (unpaired) electrons. The zero-order valence-corrected chi connectivity index (χ0v) is 9.30. The van der Waals surface area contributed by atoms with Crippen molar-refractivity contribution in [3.8, 4) is 6.07 Å². The van der Waals surface area contributed by atoms with Crippen molar-refractivity contribution in [3.63, 3.8) is 0 Å². The maximum Gasteiger partial charge on any atom is 0.183 e. The van der Waals surface area contributed by atoms with Crippen LogP contribution in [-0.2, 0) is 0 Å². The fourth-order valence-electron chi connectivity index (χ4n) is 1.66. The molecule has 0 aromatic heterocycles. The van der Waals surface area contributed by atoms with E-state index in [1.807, 2.05) is 24.3 Å². The Labute approximate surface area is 93.3 Å². The zero-order chi connectivity index (χ0) is 10.9. The van der Waals surface area contributed by atoms with Gasteiger partial charge in [0.1, 0.15) is 5.41 Å². The van der Waals surface area contributed by atoms with Gasteiger partial charge in [0.2, 0.25) is 0 Å². The largest absolute Gasteiger partial charge is 0.292 e. The standard InChI is InChI=1S/C12H11NOS/c1-12(8-13)6-7-15-10-5-3-2-4-9(10)11(12)14/h2-5H,6-7H2,1H3. The molecule has 1 aromatic carbocycles. The number of rotatable bonds is 0. The highest BCUT2D eigenvalue weighted by atomic mass is 32.2. The second-order valence-corrected chi connectivity index (χ2v) is 5.00. The Morgan fingerprint density at radius 1 is 1.47 bits per heavy atom. The molecule has 0 bridgehead atoms. The molecule has 0 saturated heterocycles. The maximum atomic E-state index is 12.2. The van der Waals surface area contributed by atoms with Crippen LogP contribution >= 0.6 is 11.8 Å². The monoisotopic (exact) mass is 217 g/mol. The van der Waals surface area contributed by atoms with E-state index in [0.29, 0.717) is 12.0 Å². The predicted molar refractivity (Wildman–Crippen MR) is 59.8 cm³/mol. The molecule has 1 unspecified atom stereocenters. The SMILES string of the molecule is CC1(C#N)CCSc2ccccc2C1=O. The van der Waals surface area contributed by atoms with E-state index in [9.17, 15) is 4.79 Å². The molecule has 0 fully saturated rings. The molecule has 0 spiro atoms. The van der Waals surface area contributed by atoms with Gasteiger partial charge in [-0.3, -0.25) is 4.79 Å². The Balaban J connectivity index is 2.54. The molecule has 1 aliphatic rings. The van der Waals surface area contributed by atoms with Crippen LogP contribution in [0.2, 0.25) is 0 Å². The topological polar surface area (TPSA) is 40.9 Å². The molecule has 2 rings (SSSR count). The molecular formula is C12H11NOS. The average Bonchev–Trinajstić information content (AvgIpc) is 2.39. The van der Waals surface area contributed by atoms with Crippen LogP contribution in [0, 0.1) is 16.7 Å². The smallest absolute Gasteiger partial charge is 0.183 e. The van der Waals surface area contributed by atoms with E-state index in [1.165, 1.54) is 0 Å². The molecule has 0 saturated carbocycles. The normalized spacial score (nSPS) is 25.2. The third-order valence-corrected chi connectivity index (χ3v) is 3.81. The van der Waals surface area contributed by atoms with Gasteiger partial charge in [-0.15, -0.1) is 11.8 Å². The van der Waals surface area contributed by atoms with Crippen molar-refractivity contribution in [2.75, 3.05) is 5.75 Å². The Morgan fingerprint density at radius 2 is 2.20 bits per heavy atom. The maximum absolute atomic E-state index is 12.2. The second-order valence-electron chi connectivity index (χ2n) is 3.87. The van der Waals surface area contributed by atoms with Crippen LogP contribution in [-0.4, -0.2) is 11.5 Å². The van der Waals surface area contributed by atoms with Gasteiger partial charge in [-0.25, -0.2) is 0 Å². The van der Waals surface area contributed by atoms with E-state index in [2.05, 4.69) is 6.07 Å². The van der Waals surface area contributed by atoms with Crippen LogP contribution in [0.3, 0.4) is 0 Å². The summed E-state index contributed by atoms with van der Waals surface area (Å²) in [6, 6.07) is 9.68. The number of nitrogens with zero attached hydrogens (tertiary/aromatic N) is 1. The summed E-state index contributed by atoms with van der Waals surface area (Å²) in [6.45, 7) is 1.73. The number of thioether (sulfide) groups is 1. The van der Waals surface area contributed by atoms with Crippen LogP contribution in [0.5, 0.6) is 0 Å². The molecule has 15 heavy (non-hydrogen) atoms. The number of carbonyl (C=O) groups is 1. The summed E-state index contributed by atoms with van der Waals surface area (Å²) < 4.78 is 0. The van der Waals surface area contributed by atoms with Crippen LogP contribution in [0.15, 0.2) is 29.2 Å². The van der Waals surface area contributed by atoms with Crippen molar-refractivity contribution in [2.45, 2.75) is 18.2 Å². The van der Waals surface area contributed by atoms with Crippen molar-refractivity contribution < 1.29 is 4.79 Å². The molecule has 3 heteroatoms. The van der Waals surface area contributed by atoms with Gasteiger partial charge in [-0.2, -0.15) is 5.26 Å². The predicted octanol–water partition coefficient (Wildman–Crippen LogP) is 2.89. The third-order valence-electron chi connectivity index (χ3n) is 2.74. The first-order chi connectivity index (χ1) is 7.17. The molecule has 0 aliphatic carbocycles. The molecule has 76 valence electrons. The minimum absolute atomic E-state index is 0.0365. The Hall–Kier alpha value is -1.27. The molecule has 1 atom stereocenters. The average molecular weight is 217 g/mol. The number of nitriles is 1. The molecule has 1 aromatic rings. The number of fused-ring (bicyclic) bond motifs is 1. The van der Waals surface area contributed by atoms with Gasteiger partial charge in [0.05, 0.1) is 6.07 Å². The Morgan fingerprint density at radius 3 is 2.93 bits per heavy atom. The summed E-state index contributed by atoms with van der Waals surface area (Å²) in [6.07, 6.45) is 0.627. The van der Waals surface area contributed by atoms with Crippen LogP contribution in [0.1, 0.15) is 23.7 Å². The molecular weight excluding hydrogens is 206 g/mol. The van der Waals surface area contributed by atoms with Gasteiger partial charge in [0.25, 0.3) is 0 Å². The van der Waals surface area contributed by atoms with Gasteiger partial charge in [-0.1, -0.05) is 18.2 Å². The molecule has 0 N–H and O–H groups in total. The number of Topliss-reactive ketones (excluding diaryl/α,β-unsaturated/α-hetero) is 1. The van der Waals surface area contributed by atoms with E-state index in [-0.39, 0.29) is 5.78 Å². The molecule has 1 aliphatic heterocycles. The van der Waals surface area contributed by atoms with Crippen molar-refractivity contribution in [1.29, 1.82) is 5.26 Å². The summed E-state index contributed by atoms with van der Waals surface area (Å²) in [4.78, 5) is 13.2. The number of carbonyl (C=O) groups excluding carboxylic acids is 1. The summed E-state index contributed by atoms with van der Waals surface area (Å²) in [5, 5.41) is 9.09. The van der Waals surface area contributed by atoms with E-state index < -0.39 is 5.41 Å². The zero-order valence-electron chi connectivity index (χ0n) is 8.49. The second kappa shape index (κ2) is 3.71. The number of hydrogen-bond acceptors (Lipinski definition) is 3. The van der Waals surface area contributed by atoms with Crippen molar-refractivity contribution in [2.24, 2.45) is 5.41 Å².